The molecule has 0 radical (unpaired) electrons. The molecule has 0 saturated heterocycles. The lowest BCUT2D eigenvalue weighted by molar-refractivity contribution is -0.141. The molecule has 4 nitrogen and oxygen atoms in total. The van der Waals surface area contributed by atoms with Crippen LogP contribution in [0.3, 0.4) is 0 Å². The first-order valence-corrected chi connectivity index (χ1v) is 6.69. The van der Waals surface area contributed by atoms with E-state index in [1.807, 2.05) is 6.92 Å². The van der Waals surface area contributed by atoms with Gasteiger partial charge in [0.25, 0.3) is 0 Å². The summed E-state index contributed by atoms with van der Waals surface area (Å²) in [7, 11) is 0. The van der Waals surface area contributed by atoms with Crippen LogP contribution in [-0.2, 0) is 11.2 Å². The van der Waals surface area contributed by atoms with Crippen molar-refractivity contribution in [2.75, 3.05) is 0 Å². The Balaban J connectivity index is 2.23. The number of aliphatic carboxylic acids is 1. The number of hydrogen-bond acceptors (Lipinski definition) is 2. The lowest BCUT2D eigenvalue weighted by Gasteiger charge is -2.14. The Morgan fingerprint density at radius 1 is 1.44 bits per heavy atom. The van der Waals surface area contributed by atoms with E-state index in [2.05, 4.69) is 23.6 Å². The van der Waals surface area contributed by atoms with Crippen LogP contribution in [0, 0.1) is 25.7 Å². The first-order chi connectivity index (χ1) is 8.41. The molecule has 1 aliphatic carbocycles. The number of rotatable bonds is 5. The third-order valence-electron chi connectivity index (χ3n) is 4.10. The van der Waals surface area contributed by atoms with Gasteiger partial charge in [0.15, 0.2) is 0 Å². The Morgan fingerprint density at radius 2 is 2.06 bits per heavy atom. The monoisotopic (exact) mass is 250 g/mol. The van der Waals surface area contributed by atoms with Crippen LogP contribution in [0.4, 0.5) is 0 Å². The van der Waals surface area contributed by atoms with Crippen molar-refractivity contribution in [2.24, 2.45) is 11.8 Å². The molecule has 0 spiro atoms. The summed E-state index contributed by atoms with van der Waals surface area (Å²) < 4.78 is 2.09. The third kappa shape index (κ3) is 2.42. The van der Waals surface area contributed by atoms with E-state index in [0.29, 0.717) is 12.5 Å². The number of hydrogen-bond donors (Lipinski definition) is 1. The van der Waals surface area contributed by atoms with Gasteiger partial charge in [0.05, 0.1) is 17.7 Å². The highest BCUT2D eigenvalue weighted by atomic mass is 16.4. The SMILES string of the molecule is Cc1nn(C(C)C2CC2)c(C)c1CC(C)C(=O)O. The standard InChI is InChI=1S/C14H22N2O2/c1-8(14(17)18)7-13-9(2)15-16(11(13)4)10(3)12-5-6-12/h8,10,12H,5-7H2,1-4H3,(H,17,18). The molecule has 1 heterocycles. The molecule has 1 aromatic heterocycles. The molecule has 1 fully saturated rings. The van der Waals surface area contributed by atoms with E-state index in [1.54, 1.807) is 6.92 Å². The predicted molar refractivity (Wildman–Crippen MR) is 69.6 cm³/mol. The van der Waals surface area contributed by atoms with Gasteiger partial charge in [0.2, 0.25) is 0 Å². The number of carboxylic acid groups (broad SMARTS) is 1. The Kier molecular flexibility index (Phi) is 3.46. The summed E-state index contributed by atoms with van der Waals surface area (Å²) in [6.07, 6.45) is 3.16. The zero-order valence-corrected chi connectivity index (χ0v) is 11.6. The zero-order valence-electron chi connectivity index (χ0n) is 11.6. The Bertz CT molecular complexity index is 461. The van der Waals surface area contributed by atoms with E-state index in [1.165, 1.54) is 12.8 Å². The average Bonchev–Trinajstić information content (AvgIpc) is 3.10. The second-order valence-corrected chi connectivity index (χ2v) is 5.62. The minimum Gasteiger partial charge on any atom is -0.481 e. The number of carbonyl (C=O) groups is 1. The lowest BCUT2D eigenvalue weighted by Crippen LogP contribution is -2.14. The highest BCUT2D eigenvalue weighted by Gasteiger charge is 2.31. The van der Waals surface area contributed by atoms with Crippen molar-refractivity contribution in [2.45, 2.75) is 53.0 Å². The molecular weight excluding hydrogens is 228 g/mol. The van der Waals surface area contributed by atoms with E-state index in [4.69, 9.17) is 5.11 Å². The van der Waals surface area contributed by atoms with E-state index in [-0.39, 0.29) is 5.92 Å². The zero-order chi connectivity index (χ0) is 13.4. The van der Waals surface area contributed by atoms with Crippen molar-refractivity contribution in [1.29, 1.82) is 0 Å². The predicted octanol–water partition coefficient (Wildman–Crippen LogP) is 2.73. The minimum absolute atomic E-state index is 0.351. The highest BCUT2D eigenvalue weighted by molar-refractivity contribution is 5.70. The van der Waals surface area contributed by atoms with Gasteiger partial charge in [-0.25, -0.2) is 0 Å². The van der Waals surface area contributed by atoms with Crippen LogP contribution < -0.4 is 0 Å². The summed E-state index contributed by atoms with van der Waals surface area (Å²) in [5.41, 5.74) is 3.23. The summed E-state index contributed by atoms with van der Waals surface area (Å²) in [5, 5.41) is 13.6. The fraction of sp³-hybridized carbons (Fsp3) is 0.714. The smallest absolute Gasteiger partial charge is 0.306 e. The molecule has 100 valence electrons. The summed E-state index contributed by atoms with van der Waals surface area (Å²) >= 11 is 0. The fourth-order valence-corrected chi connectivity index (χ4v) is 2.56. The number of aryl methyl sites for hydroxylation is 1. The van der Waals surface area contributed by atoms with Crippen molar-refractivity contribution >= 4 is 5.97 Å². The van der Waals surface area contributed by atoms with Gasteiger partial charge >= 0.3 is 5.97 Å². The van der Waals surface area contributed by atoms with Crippen LogP contribution in [-0.4, -0.2) is 20.9 Å². The highest BCUT2D eigenvalue weighted by Crippen LogP contribution is 2.40. The Morgan fingerprint density at radius 3 is 2.56 bits per heavy atom. The fourth-order valence-electron chi connectivity index (χ4n) is 2.56. The molecule has 4 heteroatoms. The molecule has 0 aromatic carbocycles. The topological polar surface area (TPSA) is 55.1 Å². The minimum atomic E-state index is -0.739. The van der Waals surface area contributed by atoms with Crippen molar-refractivity contribution in [1.82, 2.24) is 9.78 Å². The molecule has 1 N–H and O–H groups in total. The molecule has 0 aliphatic heterocycles. The summed E-state index contributed by atoms with van der Waals surface area (Å²) in [4.78, 5) is 11.0. The van der Waals surface area contributed by atoms with Gasteiger partial charge in [-0.1, -0.05) is 6.92 Å². The average molecular weight is 250 g/mol. The molecule has 1 aromatic rings. The summed E-state index contributed by atoms with van der Waals surface area (Å²) in [5.74, 6) is -0.333. The van der Waals surface area contributed by atoms with Gasteiger partial charge in [-0.15, -0.1) is 0 Å². The van der Waals surface area contributed by atoms with Crippen LogP contribution in [0.2, 0.25) is 0 Å². The van der Waals surface area contributed by atoms with Gasteiger partial charge in [0.1, 0.15) is 0 Å². The van der Waals surface area contributed by atoms with E-state index >= 15 is 0 Å². The first-order valence-electron chi connectivity index (χ1n) is 6.69. The molecule has 2 atom stereocenters. The molecule has 2 unspecified atom stereocenters. The van der Waals surface area contributed by atoms with Crippen molar-refractivity contribution in [3.8, 4) is 0 Å². The van der Waals surface area contributed by atoms with Crippen LogP contribution in [0.1, 0.15) is 49.7 Å². The molecule has 0 amide bonds. The van der Waals surface area contributed by atoms with E-state index < -0.39 is 5.97 Å². The largest absolute Gasteiger partial charge is 0.481 e. The number of carboxylic acids is 1. The third-order valence-corrected chi connectivity index (χ3v) is 4.10. The van der Waals surface area contributed by atoms with Crippen LogP contribution >= 0.6 is 0 Å². The maximum atomic E-state index is 11.0. The molecule has 0 bridgehead atoms. The number of aromatic nitrogens is 2. The van der Waals surface area contributed by atoms with Crippen molar-refractivity contribution in [3.05, 3.63) is 17.0 Å². The van der Waals surface area contributed by atoms with Gasteiger partial charge in [0, 0.05) is 5.69 Å². The quantitative estimate of drug-likeness (QED) is 0.874. The normalized spacial score (nSPS) is 18.7. The maximum Gasteiger partial charge on any atom is 0.306 e. The molecule has 18 heavy (non-hydrogen) atoms. The molecule has 1 aliphatic rings. The summed E-state index contributed by atoms with van der Waals surface area (Å²) in [6, 6.07) is 0.442. The van der Waals surface area contributed by atoms with Gasteiger partial charge in [-0.05, 0) is 51.5 Å². The molecule has 1 saturated carbocycles. The first kappa shape index (κ1) is 13.1. The van der Waals surface area contributed by atoms with Gasteiger partial charge in [-0.3, -0.25) is 9.48 Å². The van der Waals surface area contributed by atoms with E-state index in [9.17, 15) is 4.79 Å². The maximum absolute atomic E-state index is 11.0. The summed E-state index contributed by atoms with van der Waals surface area (Å²) in [6.45, 7) is 8.00. The number of nitrogens with zero attached hydrogens (tertiary/aromatic N) is 2. The van der Waals surface area contributed by atoms with Gasteiger partial charge in [-0.2, -0.15) is 5.10 Å². The second-order valence-electron chi connectivity index (χ2n) is 5.62. The van der Waals surface area contributed by atoms with E-state index in [0.717, 1.165) is 22.9 Å². The van der Waals surface area contributed by atoms with Gasteiger partial charge < -0.3 is 5.11 Å². The van der Waals surface area contributed by atoms with Crippen molar-refractivity contribution < 1.29 is 9.90 Å². The Labute approximate surface area is 108 Å². The Hall–Kier alpha value is -1.32. The second kappa shape index (κ2) is 4.75. The lowest BCUT2D eigenvalue weighted by atomic mass is 10.00. The van der Waals surface area contributed by atoms with Crippen LogP contribution in [0.5, 0.6) is 0 Å². The molecular formula is C14H22N2O2. The van der Waals surface area contributed by atoms with Crippen LogP contribution in [0.25, 0.3) is 0 Å². The van der Waals surface area contributed by atoms with Crippen LogP contribution in [0.15, 0.2) is 0 Å². The molecule has 2 rings (SSSR count). The van der Waals surface area contributed by atoms with Crippen molar-refractivity contribution in [3.63, 3.8) is 0 Å².